The van der Waals surface area contributed by atoms with Crippen molar-refractivity contribution >= 4 is 33.2 Å². The first-order chi connectivity index (χ1) is 10.0. The molecule has 0 bridgehead atoms. The molecule has 2 aromatic heterocycles. The van der Waals surface area contributed by atoms with Crippen molar-refractivity contribution in [2.45, 2.75) is 25.6 Å². The monoisotopic (exact) mass is 316 g/mol. The number of nitrogens with one attached hydrogen (secondary N) is 1. The van der Waals surface area contributed by atoms with Gasteiger partial charge in [0.05, 0.1) is 10.8 Å². The van der Waals surface area contributed by atoms with Crippen molar-refractivity contribution in [1.82, 2.24) is 9.97 Å². The number of benzene rings is 1. The van der Waals surface area contributed by atoms with Crippen LogP contribution in [0.1, 0.15) is 34.1 Å². The topological polar surface area (TPSA) is 45.8 Å². The maximum absolute atomic E-state index is 12.5. The SMILES string of the molecule is Cc1ccc2c(c1)-c1c(sc3nc(C(C)Cl)[nH]c(=O)c13)C2. The van der Waals surface area contributed by atoms with E-state index in [1.165, 1.54) is 21.6 Å². The van der Waals surface area contributed by atoms with Gasteiger partial charge in [0.2, 0.25) is 0 Å². The molecular formula is C16H13ClN2OS. The number of alkyl halides is 1. The molecular weight excluding hydrogens is 304 g/mol. The predicted octanol–water partition coefficient (Wildman–Crippen LogP) is 4.16. The van der Waals surface area contributed by atoms with Crippen LogP contribution in [0.3, 0.4) is 0 Å². The van der Waals surface area contributed by atoms with Crippen LogP contribution in [0, 0.1) is 6.92 Å². The minimum atomic E-state index is -0.298. The first-order valence-corrected chi connectivity index (χ1v) is 8.09. The van der Waals surface area contributed by atoms with Gasteiger partial charge < -0.3 is 4.98 Å². The third-order valence-electron chi connectivity index (χ3n) is 3.92. The summed E-state index contributed by atoms with van der Waals surface area (Å²) in [6, 6.07) is 6.43. The molecule has 4 rings (SSSR count). The summed E-state index contributed by atoms with van der Waals surface area (Å²) in [7, 11) is 0. The van der Waals surface area contributed by atoms with E-state index in [9.17, 15) is 4.79 Å². The van der Waals surface area contributed by atoms with E-state index in [0.29, 0.717) is 11.2 Å². The van der Waals surface area contributed by atoms with E-state index in [-0.39, 0.29) is 10.9 Å². The number of fused-ring (bicyclic) bond motifs is 5. The molecule has 0 aliphatic heterocycles. The standard InChI is InChI=1S/C16H13ClN2OS/c1-7-3-4-9-6-11-12(10(9)5-7)13-15(20)18-14(8(2)17)19-16(13)21-11/h3-5,8H,6H2,1-2H3,(H,18,19,20). The molecule has 0 saturated heterocycles. The largest absolute Gasteiger partial charge is 0.309 e. The first-order valence-electron chi connectivity index (χ1n) is 6.84. The lowest BCUT2D eigenvalue weighted by Gasteiger charge is -2.04. The van der Waals surface area contributed by atoms with Crippen LogP contribution in [-0.4, -0.2) is 9.97 Å². The highest BCUT2D eigenvalue weighted by Crippen LogP contribution is 2.45. The lowest BCUT2D eigenvalue weighted by molar-refractivity contribution is 0.917. The number of aromatic nitrogens is 2. The quantitative estimate of drug-likeness (QED) is 0.536. The number of H-pyrrole nitrogens is 1. The van der Waals surface area contributed by atoms with E-state index in [0.717, 1.165) is 16.8 Å². The smallest absolute Gasteiger partial charge is 0.260 e. The Morgan fingerprint density at radius 1 is 1.43 bits per heavy atom. The summed E-state index contributed by atoms with van der Waals surface area (Å²) in [5.74, 6) is 0.540. The van der Waals surface area contributed by atoms with Crippen LogP contribution in [0.15, 0.2) is 23.0 Å². The zero-order chi connectivity index (χ0) is 14.7. The van der Waals surface area contributed by atoms with E-state index < -0.39 is 0 Å². The second-order valence-electron chi connectivity index (χ2n) is 5.48. The molecule has 0 fully saturated rings. The summed E-state index contributed by atoms with van der Waals surface area (Å²) in [5.41, 5.74) is 4.65. The van der Waals surface area contributed by atoms with Crippen molar-refractivity contribution < 1.29 is 0 Å². The van der Waals surface area contributed by atoms with Crippen molar-refractivity contribution in [2.75, 3.05) is 0 Å². The highest BCUT2D eigenvalue weighted by Gasteiger charge is 2.26. The highest BCUT2D eigenvalue weighted by molar-refractivity contribution is 7.19. The van der Waals surface area contributed by atoms with Crippen LogP contribution >= 0.6 is 22.9 Å². The lowest BCUT2D eigenvalue weighted by Crippen LogP contribution is -2.11. The summed E-state index contributed by atoms with van der Waals surface area (Å²) in [6.07, 6.45) is 0.886. The minimum absolute atomic E-state index is 0.0886. The van der Waals surface area contributed by atoms with Gasteiger partial charge in [0, 0.05) is 16.9 Å². The molecule has 0 saturated carbocycles. The summed E-state index contributed by atoms with van der Waals surface area (Å²) in [6.45, 7) is 3.88. The lowest BCUT2D eigenvalue weighted by atomic mass is 10.0. The summed E-state index contributed by atoms with van der Waals surface area (Å²) in [5, 5.41) is 0.411. The highest BCUT2D eigenvalue weighted by atomic mass is 35.5. The molecule has 1 aliphatic rings. The normalized spacial score (nSPS) is 14.2. The van der Waals surface area contributed by atoms with E-state index in [1.54, 1.807) is 11.3 Å². The average molecular weight is 317 g/mol. The van der Waals surface area contributed by atoms with Gasteiger partial charge in [0.15, 0.2) is 0 Å². The molecule has 3 aromatic rings. The third kappa shape index (κ3) is 1.86. The number of hydrogen-bond donors (Lipinski definition) is 1. The predicted molar refractivity (Wildman–Crippen MR) is 87.5 cm³/mol. The molecule has 1 aliphatic carbocycles. The minimum Gasteiger partial charge on any atom is -0.309 e. The third-order valence-corrected chi connectivity index (χ3v) is 5.21. The molecule has 1 aromatic carbocycles. The fourth-order valence-electron chi connectivity index (χ4n) is 2.92. The Morgan fingerprint density at radius 2 is 2.24 bits per heavy atom. The zero-order valence-corrected chi connectivity index (χ0v) is 13.2. The second kappa shape index (κ2) is 4.42. The first kappa shape index (κ1) is 13.0. The Bertz CT molecular complexity index is 939. The summed E-state index contributed by atoms with van der Waals surface area (Å²) >= 11 is 7.65. The molecule has 106 valence electrons. The van der Waals surface area contributed by atoms with Crippen molar-refractivity contribution in [2.24, 2.45) is 0 Å². The van der Waals surface area contributed by atoms with Crippen molar-refractivity contribution in [3.63, 3.8) is 0 Å². The molecule has 1 N–H and O–H groups in total. The van der Waals surface area contributed by atoms with Gasteiger partial charge in [-0.15, -0.1) is 22.9 Å². The molecule has 1 atom stereocenters. The Kier molecular flexibility index (Phi) is 2.75. The fraction of sp³-hybridized carbons (Fsp3) is 0.250. The van der Waals surface area contributed by atoms with Crippen LogP contribution in [-0.2, 0) is 6.42 Å². The number of nitrogens with zero attached hydrogens (tertiary/aromatic N) is 1. The van der Waals surface area contributed by atoms with Gasteiger partial charge in [-0.2, -0.15) is 0 Å². The Labute approximate surface area is 130 Å². The maximum atomic E-state index is 12.5. The van der Waals surface area contributed by atoms with Crippen LogP contribution < -0.4 is 5.56 Å². The van der Waals surface area contributed by atoms with Gasteiger partial charge in [-0.05, 0) is 25.0 Å². The summed E-state index contributed by atoms with van der Waals surface area (Å²) in [4.78, 5) is 21.8. The Balaban J connectivity index is 2.07. The molecule has 2 heterocycles. The van der Waals surface area contributed by atoms with Crippen molar-refractivity contribution in [1.29, 1.82) is 0 Å². The molecule has 0 radical (unpaired) electrons. The molecule has 1 unspecified atom stereocenters. The van der Waals surface area contributed by atoms with Crippen molar-refractivity contribution in [3.05, 3.63) is 50.4 Å². The fourth-order valence-corrected chi connectivity index (χ4v) is 4.24. The van der Waals surface area contributed by atoms with Gasteiger partial charge in [-0.3, -0.25) is 4.79 Å². The summed E-state index contributed by atoms with van der Waals surface area (Å²) < 4.78 is 0. The Morgan fingerprint density at radius 3 is 3.00 bits per heavy atom. The van der Waals surface area contributed by atoms with Gasteiger partial charge in [0.25, 0.3) is 5.56 Å². The van der Waals surface area contributed by atoms with E-state index in [4.69, 9.17) is 11.6 Å². The number of hydrogen-bond acceptors (Lipinski definition) is 3. The zero-order valence-electron chi connectivity index (χ0n) is 11.7. The van der Waals surface area contributed by atoms with E-state index >= 15 is 0 Å². The van der Waals surface area contributed by atoms with E-state index in [2.05, 4.69) is 35.1 Å². The maximum Gasteiger partial charge on any atom is 0.260 e. The number of aromatic amines is 1. The second-order valence-corrected chi connectivity index (χ2v) is 7.22. The number of halogens is 1. The molecule has 0 amide bonds. The molecule has 5 heteroatoms. The molecule has 0 spiro atoms. The average Bonchev–Trinajstić information content (AvgIpc) is 2.93. The number of aryl methyl sites for hydroxylation is 1. The van der Waals surface area contributed by atoms with Crippen LogP contribution in [0.25, 0.3) is 21.3 Å². The Hall–Kier alpha value is -1.65. The number of thiophene rings is 1. The molecule has 3 nitrogen and oxygen atoms in total. The van der Waals surface area contributed by atoms with Crippen LogP contribution in [0.4, 0.5) is 0 Å². The van der Waals surface area contributed by atoms with Gasteiger partial charge in [-0.1, -0.05) is 23.8 Å². The van der Waals surface area contributed by atoms with Crippen LogP contribution in [0.2, 0.25) is 0 Å². The van der Waals surface area contributed by atoms with Gasteiger partial charge >= 0.3 is 0 Å². The van der Waals surface area contributed by atoms with Crippen LogP contribution in [0.5, 0.6) is 0 Å². The van der Waals surface area contributed by atoms with Gasteiger partial charge in [0.1, 0.15) is 10.7 Å². The van der Waals surface area contributed by atoms with Crippen molar-refractivity contribution in [3.8, 4) is 11.1 Å². The van der Waals surface area contributed by atoms with Gasteiger partial charge in [-0.25, -0.2) is 4.98 Å². The molecule has 21 heavy (non-hydrogen) atoms. The number of rotatable bonds is 1. The van der Waals surface area contributed by atoms with E-state index in [1.807, 2.05) is 6.92 Å².